The summed E-state index contributed by atoms with van der Waals surface area (Å²) >= 11 is 5.25. The lowest BCUT2D eigenvalue weighted by Gasteiger charge is -2.16. The highest BCUT2D eigenvalue weighted by molar-refractivity contribution is 9.10. The van der Waals surface area contributed by atoms with E-state index in [1.54, 1.807) is 11.3 Å². The van der Waals surface area contributed by atoms with Crippen LogP contribution in [-0.2, 0) is 0 Å². The molecule has 1 heterocycles. The maximum atomic E-state index is 5.52. The molecule has 1 atom stereocenters. The van der Waals surface area contributed by atoms with E-state index in [0.29, 0.717) is 5.92 Å². The second kappa shape index (κ2) is 5.10. The highest BCUT2D eigenvalue weighted by atomic mass is 79.9. The first-order valence-electron chi connectivity index (χ1n) is 4.34. The number of hydrogen-bond acceptors (Lipinski definition) is 3. The standard InChI is InChI=1S/C9H15BrN2S/c1-6(2)5-8(12-11)9-7(10)3-4-13-9/h3-4,6,8,12H,5,11H2,1-2H3. The van der Waals surface area contributed by atoms with Gasteiger partial charge in [0.25, 0.3) is 0 Å². The van der Waals surface area contributed by atoms with Crippen LogP contribution in [0.25, 0.3) is 0 Å². The minimum Gasteiger partial charge on any atom is -0.271 e. The molecular formula is C9H15BrN2S. The number of hydrazine groups is 1. The van der Waals surface area contributed by atoms with E-state index in [0.717, 1.165) is 10.9 Å². The van der Waals surface area contributed by atoms with Gasteiger partial charge < -0.3 is 0 Å². The van der Waals surface area contributed by atoms with Crippen molar-refractivity contribution in [3.63, 3.8) is 0 Å². The summed E-state index contributed by atoms with van der Waals surface area (Å²) in [6.07, 6.45) is 1.07. The molecule has 0 spiro atoms. The predicted molar refractivity (Wildman–Crippen MR) is 61.5 cm³/mol. The van der Waals surface area contributed by atoms with Crippen LogP contribution in [0.2, 0.25) is 0 Å². The molecule has 1 unspecified atom stereocenters. The molecule has 0 saturated carbocycles. The van der Waals surface area contributed by atoms with Crippen LogP contribution >= 0.6 is 27.3 Å². The van der Waals surface area contributed by atoms with E-state index in [4.69, 9.17) is 5.84 Å². The third kappa shape index (κ3) is 3.06. The lowest BCUT2D eigenvalue weighted by atomic mass is 10.0. The Morgan fingerprint density at radius 2 is 2.31 bits per heavy atom. The van der Waals surface area contributed by atoms with Crippen molar-refractivity contribution in [1.82, 2.24) is 5.43 Å². The number of halogens is 1. The molecule has 4 heteroatoms. The molecule has 0 bridgehead atoms. The van der Waals surface area contributed by atoms with E-state index in [1.807, 2.05) is 0 Å². The number of thiophene rings is 1. The Morgan fingerprint density at radius 1 is 1.62 bits per heavy atom. The average molecular weight is 263 g/mol. The number of nitrogens with two attached hydrogens (primary N) is 1. The second-order valence-corrected chi connectivity index (χ2v) is 5.28. The Balaban J connectivity index is 2.72. The first-order chi connectivity index (χ1) is 6.15. The van der Waals surface area contributed by atoms with Crippen molar-refractivity contribution < 1.29 is 0 Å². The zero-order chi connectivity index (χ0) is 9.84. The number of nitrogens with one attached hydrogen (secondary N) is 1. The highest BCUT2D eigenvalue weighted by Gasteiger charge is 2.15. The maximum absolute atomic E-state index is 5.52. The highest BCUT2D eigenvalue weighted by Crippen LogP contribution is 2.31. The van der Waals surface area contributed by atoms with Crippen LogP contribution < -0.4 is 11.3 Å². The van der Waals surface area contributed by atoms with Gasteiger partial charge in [-0.05, 0) is 39.7 Å². The molecule has 0 radical (unpaired) electrons. The molecule has 1 rings (SSSR count). The van der Waals surface area contributed by atoms with E-state index in [2.05, 4.69) is 46.6 Å². The molecule has 3 N–H and O–H groups in total. The minimum absolute atomic E-state index is 0.273. The summed E-state index contributed by atoms with van der Waals surface area (Å²) in [5.41, 5.74) is 2.86. The van der Waals surface area contributed by atoms with E-state index in [1.165, 1.54) is 4.88 Å². The molecule has 1 aromatic rings. The number of rotatable bonds is 4. The quantitative estimate of drug-likeness (QED) is 0.647. The summed E-state index contributed by atoms with van der Waals surface area (Å²) < 4.78 is 1.15. The van der Waals surface area contributed by atoms with Crippen molar-refractivity contribution in [3.05, 3.63) is 20.8 Å². The fourth-order valence-corrected chi connectivity index (χ4v) is 3.00. The van der Waals surface area contributed by atoms with Crippen LogP contribution in [0.15, 0.2) is 15.9 Å². The normalized spacial score (nSPS) is 13.6. The van der Waals surface area contributed by atoms with Gasteiger partial charge in [0.2, 0.25) is 0 Å². The minimum atomic E-state index is 0.273. The largest absolute Gasteiger partial charge is 0.271 e. The van der Waals surface area contributed by atoms with Crippen LogP contribution in [0.4, 0.5) is 0 Å². The third-order valence-electron chi connectivity index (χ3n) is 1.87. The Kier molecular flexibility index (Phi) is 4.38. The third-order valence-corrected chi connectivity index (χ3v) is 3.85. The summed E-state index contributed by atoms with van der Waals surface area (Å²) in [6, 6.07) is 2.33. The molecule has 0 aliphatic heterocycles. The molecule has 2 nitrogen and oxygen atoms in total. The molecule has 0 saturated heterocycles. The summed E-state index contributed by atoms with van der Waals surface area (Å²) in [6.45, 7) is 4.40. The molecule has 1 aromatic heterocycles. The van der Waals surface area contributed by atoms with Gasteiger partial charge in [-0.1, -0.05) is 13.8 Å². The van der Waals surface area contributed by atoms with Gasteiger partial charge in [-0.15, -0.1) is 11.3 Å². The Labute approximate surface area is 91.6 Å². The van der Waals surface area contributed by atoms with E-state index in [9.17, 15) is 0 Å². The van der Waals surface area contributed by atoms with E-state index < -0.39 is 0 Å². The van der Waals surface area contributed by atoms with E-state index >= 15 is 0 Å². The molecule has 0 aliphatic rings. The van der Waals surface area contributed by atoms with Crippen molar-refractivity contribution >= 4 is 27.3 Å². The van der Waals surface area contributed by atoms with Gasteiger partial charge in [-0.25, -0.2) is 0 Å². The van der Waals surface area contributed by atoms with Crippen LogP contribution in [0.1, 0.15) is 31.2 Å². The molecular weight excluding hydrogens is 248 g/mol. The van der Waals surface area contributed by atoms with Crippen LogP contribution in [0, 0.1) is 5.92 Å². The molecule has 0 fully saturated rings. The van der Waals surface area contributed by atoms with Gasteiger partial charge >= 0.3 is 0 Å². The van der Waals surface area contributed by atoms with Gasteiger partial charge in [0.1, 0.15) is 0 Å². The first-order valence-corrected chi connectivity index (χ1v) is 6.01. The Morgan fingerprint density at radius 3 is 2.69 bits per heavy atom. The van der Waals surface area contributed by atoms with Crippen LogP contribution in [-0.4, -0.2) is 0 Å². The molecule has 0 amide bonds. The first kappa shape index (κ1) is 11.2. The van der Waals surface area contributed by atoms with Crippen LogP contribution in [0.5, 0.6) is 0 Å². The van der Waals surface area contributed by atoms with Gasteiger partial charge in [-0.2, -0.15) is 0 Å². The Hall–Kier alpha value is 0.100. The topological polar surface area (TPSA) is 38.0 Å². The monoisotopic (exact) mass is 262 g/mol. The maximum Gasteiger partial charge on any atom is 0.0567 e. The molecule has 0 aliphatic carbocycles. The molecule has 13 heavy (non-hydrogen) atoms. The zero-order valence-electron chi connectivity index (χ0n) is 7.88. The van der Waals surface area contributed by atoms with E-state index in [-0.39, 0.29) is 6.04 Å². The van der Waals surface area contributed by atoms with Gasteiger partial charge in [0, 0.05) is 9.35 Å². The summed E-state index contributed by atoms with van der Waals surface area (Å²) in [5.74, 6) is 6.17. The summed E-state index contributed by atoms with van der Waals surface area (Å²) in [7, 11) is 0. The van der Waals surface area contributed by atoms with Gasteiger partial charge in [0.05, 0.1) is 6.04 Å². The Bertz CT molecular complexity index is 260. The zero-order valence-corrected chi connectivity index (χ0v) is 10.3. The lowest BCUT2D eigenvalue weighted by Crippen LogP contribution is -2.28. The SMILES string of the molecule is CC(C)CC(NN)c1sccc1Br. The van der Waals surface area contributed by atoms with Gasteiger partial charge in [-0.3, -0.25) is 11.3 Å². The predicted octanol–water partition coefficient (Wildman–Crippen LogP) is 3.06. The van der Waals surface area contributed by atoms with Crippen molar-refractivity contribution in [1.29, 1.82) is 0 Å². The smallest absolute Gasteiger partial charge is 0.0567 e. The molecule has 74 valence electrons. The van der Waals surface area contributed by atoms with Crippen molar-refractivity contribution in [2.75, 3.05) is 0 Å². The lowest BCUT2D eigenvalue weighted by molar-refractivity contribution is 0.442. The second-order valence-electron chi connectivity index (χ2n) is 3.48. The average Bonchev–Trinajstić information content (AvgIpc) is 2.47. The van der Waals surface area contributed by atoms with Crippen LogP contribution in [0.3, 0.4) is 0 Å². The fraction of sp³-hybridized carbons (Fsp3) is 0.556. The fourth-order valence-electron chi connectivity index (χ4n) is 1.28. The number of hydrogen-bond donors (Lipinski definition) is 2. The summed E-state index contributed by atoms with van der Waals surface area (Å²) in [4.78, 5) is 1.29. The van der Waals surface area contributed by atoms with Crippen molar-refractivity contribution in [2.24, 2.45) is 11.8 Å². The van der Waals surface area contributed by atoms with Gasteiger partial charge in [0.15, 0.2) is 0 Å². The summed E-state index contributed by atoms with van der Waals surface area (Å²) in [5, 5.41) is 2.07. The molecule has 0 aromatic carbocycles. The van der Waals surface area contributed by atoms with Crippen molar-refractivity contribution in [3.8, 4) is 0 Å². The van der Waals surface area contributed by atoms with Crippen molar-refractivity contribution in [2.45, 2.75) is 26.3 Å².